The fraction of sp³-hybridized carbons (Fsp3) is 0.333. The summed E-state index contributed by atoms with van der Waals surface area (Å²) in [6, 6.07) is 12.6. The van der Waals surface area contributed by atoms with Crippen molar-refractivity contribution < 1.29 is 28.6 Å². The van der Waals surface area contributed by atoms with Crippen molar-refractivity contribution in [3.63, 3.8) is 0 Å². The van der Waals surface area contributed by atoms with E-state index in [0.29, 0.717) is 51.8 Å². The van der Waals surface area contributed by atoms with Crippen LogP contribution in [0.1, 0.15) is 59.1 Å². The van der Waals surface area contributed by atoms with E-state index in [1.165, 1.54) is 17.6 Å². The van der Waals surface area contributed by atoms with E-state index in [4.69, 9.17) is 25.8 Å². The minimum Gasteiger partial charge on any atom is -0.490 e. The Bertz CT molecular complexity index is 1440. The molecule has 0 saturated carbocycles. The van der Waals surface area contributed by atoms with E-state index in [2.05, 4.69) is 22.8 Å². The molecule has 1 unspecified atom stereocenters. The zero-order chi connectivity index (χ0) is 29.4. The Kier molecular flexibility index (Phi) is 10.4. The Hall–Kier alpha value is -3.89. The van der Waals surface area contributed by atoms with Gasteiger partial charge in [0.1, 0.15) is 11.6 Å². The molecule has 1 aliphatic carbocycles. The number of amides is 2. The van der Waals surface area contributed by atoms with Gasteiger partial charge in [-0.25, -0.2) is 10.2 Å². The lowest BCUT2D eigenvalue weighted by Gasteiger charge is -2.18. The summed E-state index contributed by atoms with van der Waals surface area (Å²) < 4.78 is 16.8. The average Bonchev–Trinajstić information content (AvgIpc) is 3.30. The normalized spacial score (nSPS) is 14.3. The number of rotatable bonds is 10. The maximum atomic E-state index is 12.7. The van der Waals surface area contributed by atoms with Gasteiger partial charge in [-0.15, -0.1) is 11.3 Å². The topological polar surface area (TPSA) is 115 Å². The summed E-state index contributed by atoms with van der Waals surface area (Å²) in [6.07, 6.45) is 3.88. The second kappa shape index (κ2) is 14.1. The van der Waals surface area contributed by atoms with Gasteiger partial charge in [0.15, 0.2) is 11.5 Å². The fourth-order valence-corrected chi connectivity index (χ4v) is 5.89. The van der Waals surface area contributed by atoms with E-state index >= 15 is 0 Å². The van der Waals surface area contributed by atoms with E-state index in [-0.39, 0.29) is 6.61 Å². The largest absolute Gasteiger partial charge is 0.490 e. The van der Waals surface area contributed by atoms with Crippen LogP contribution in [0.4, 0.5) is 5.00 Å². The van der Waals surface area contributed by atoms with Gasteiger partial charge in [-0.3, -0.25) is 9.59 Å². The number of nitrogens with zero attached hydrogens (tertiary/aromatic N) is 1. The third-order valence-electron chi connectivity index (χ3n) is 6.38. The standard InChI is InChI=1S/C30H32ClN3O6S/c1-4-38-24-15-20(9-13-23(24)40-17-19-7-10-21(31)11-8-19)16-32-34-28(36)27(35)33-29-26(30(37)39-5-2)22-12-6-18(3)14-25(22)41-29/h7-11,13,15-16,18H,4-6,12,14,17H2,1-3H3,(H,33,35)(H,34,36). The van der Waals surface area contributed by atoms with Gasteiger partial charge in [-0.05, 0) is 86.1 Å². The highest BCUT2D eigenvalue weighted by molar-refractivity contribution is 7.17. The molecule has 3 aromatic rings. The van der Waals surface area contributed by atoms with Gasteiger partial charge in [-0.1, -0.05) is 30.7 Å². The van der Waals surface area contributed by atoms with Crippen molar-refractivity contribution in [2.24, 2.45) is 11.0 Å². The number of carbonyl (C=O) groups is 3. The number of ether oxygens (including phenoxy) is 3. The van der Waals surface area contributed by atoms with Crippen LogP contribution in [0.3, 0.4) is 0 Å². The maximum Gasteiger partial charge on any atom is 0.341 e. The summed E-state index contributed by atoms with van der Waals surface area (Å²) >= 11 is 7.26. The zero-order valence-corrected chi connectivity index (χ0v) is 24.7. The van der Waals surface area contributed by atoms with Crippen molar-refractivity contribution in [3.8, 4) is 11.5 Å². The predicted molar refractivity (Wildman–Crippen MR) is 159 cm³/mol. The fourth-order valence-electron chi connectivity index (χ4n) is 4.37. The van der Waals surface area contributed by atoms with Gasteiger partial charge in [0.05, 0.1) is 25.0 Å². The highest BCUT2D eigenvalue weighted by Gasteiger charge is 2.30. The van der Waals surface area contributed by atoms with Gasteiger partial charge < -0.3 is 19.5 Å². The van der Waals surface area contributed by atoms with Gasteiger partial charge >= 0.3 is 17.8 Å². The monoisotopic (exact) mass is 597 g/mol. The number of nitrogens with one attached hydrogen (secondary N) is 2. The first-order chi connectivity index (χ1) is 19.8. The molecule has 0 aliphatic heterocycles. The van der Waals surface area contributed by atoms with Crippen molar-refractivity contribution in [3.05, 3.63) is 74.6 Å². The molecule has 0 spiro atoms. The van der Waals surface area contributed by atoms with Crippen LogP contribution in [-0.2, 0) is 33.8 Å². The molecule has 9 nitrogen and oxygen atoms in total. The van der Waals surface area contributed by atoms with Crippen molar-refractivity contribution in [2.75, 3.05) is 18.5 Å². The minimum absolute atomic E-state index is 0.211. The number of anilines is 1. The molecule has 0 fully saturated rings. The number of fused-ring (bicyclic) bond motifs is 1. The molecule has 0 bridgehead atoms. The summed E-state index contributed by atoms with van der Waals surface area (Å²) in [4.78, 5) is 38.9. The second-order valence-corrected chi connectivity index (χ2v) is 11.0. The third-order valence-corrected chi connectivity index (χ3v) is 7.80. The van der Waals surface area contributed by atoms with E-state index < -0.39 is 17.8 Å². The minimum atomic E-state index is -0.969. The summed E-state index contributed by atoms with van der Waals surface area (Å²) in [6.45, 7) is 6.70. The lowest BCUT2D eigenvalue weighted by molar-refractivity contribution is -0.136. The Morgan fingerprint density at radius 3 is 2.56 bits per heavy atom. The van der Waals surface area contributed by atoms with Crippen LogP contribution in [-0.4, -0.2) is 37.2 Å². The number of halogens is 1. The number of hydrazone groups is 1. The molecule has 1 aromatic heterocycles. The van der Waals surface area contributed by atoms with Crippen molar-refractivity contribution in [1.29, 1.82) is 0 Å². The molecule has 41 heavy (non-hydrogen) atoms. The summed E-state index contributed by atoms with van der Waals surface area (Å²) in [5.74, 6) is -0.863. The quantitative estimate of drug-likeness (QED) is 0.133. The smallest absolute Gasteiger partial charge is 0.341 e. The number of hydrogen-bond donors (Lipinski definition) is 2. The van der Waals surface area contributed by atoms with Gasteiger partial charge in [0.25, 0.3) is 0 Å². The van der Waals surface area contributed by atoms with Crippen LogP contribution in [0.2, 0.25) is 5.02 Å². The molecule has 2 amide bonds. The SMILES string of the molecule is CCOC(=O)c1c(NC(=O)C(=O)NN=Cc2ccc(OCc3ccc(Cl)cc3)c(OCC)c2)sc2c1CCC(C)C2. The number of esters is 1. The van der Waals surface area contributed by atoms with E-state index in [1.807, 2.05) is 19.1 Å². The van der Waals surface area contributed by atoms with Crippen LogP contribution in [0.25, 0.3) is 0 Å². The summed E-state index contributed by atoms with van der Waals surface area (Å²) in [5, 5.41) is 7.47. The molecule has 11 heteroatoms. The molecule has 2 N–H and O–H groups in total. The first kappa shape index (κ1) is 30.1. The summed E-state index contributed by atoms with van der Waals surface area (Å²) in [7, 11) is 0. The van der Waals surface area contributed by atoms with Crippen molar-refractivity contribution >= 4 is 51.9 Å². The number of hydrogen-bond acceptors (Lipinski definition) is 8. The van der Waals surface area contributed by atoms with Crippen LogP contribution >= 0.6 is 22.9 Å². The number of carbonyl (C=O) groups excluding carboxylic acids is 3. The van der Waals surface area contributed by atoms with Gasteiger partial charge in [0, 0.05) is 9.90 Å². The molecule has 0 saturated heterocycles. The van der Waals surface area contributed by atoms with E-state index in [9.17, 15) is 14.4 Å². The van der Waals surface area contributed by atoms with Crippen LogP contribution in [0.5, 0.6) is 11.5 Å². The average molecular weight is 598 g/mol. The molecule has 1 aliphatic rings. The third kappa shape index (κ3) is 7.86. The predicted octanol–water partition coefficient (Wildman–Crippen LogP) is 5.77. The van der Waals surface area contributed by atoms with Crippen molar-refractivity contribution in [2.45, 2.75) is 46.6 Å². The molecule has 1 heterocycles. The molecule has 216 valence electrons. The molecule has 4 rings (SSSR count). The molecule has 0 radical (unpaired) electrons. The highest BCUT2D eigenvalue weighted by atomic mass is 35.5. The highest BCUT2D eigenvalue weighted by Crippen LogP contribution is 2.40. The molecule has 1 atom stereocenters. The van der Waals surface area contributed by atoms with Gasteiger partial charge in [-0.2, -0.15) is 5.10 Å². The number of benzene rings is 2. The molecular weight excluding hydrogens is 566 g/mol. The first-order valence-electron chi connectivity index (χ1n) is 13.4. The number of thiophene rings is 1. The van der Waals surface area contributed by atoms with E-state index in [1.54, 1.807) is 37.3 Å². The van der Waals surface area contributed by atoms with Crippen LogP contribution in [0, 0.1) is 5.92 Å². The first-order valence-corrected chi connectivity index (χ1v) is 14.6. The molecule has 2 aromatic carbocycles. The maximum absolute atomic E-state index is 12.7. The summed E-state index contributed by atoms with van der Waals surface area (Å²) in [5.41, 5.74) is 5.04. The van der Waals surface area contributed by atoms with Gasteiger partial charge in [0.2, 0.25) is 0 Å². The lowest BCUT2D eigenvalue weighted by atomic mass is 9.88. The Morgan fingerprint density at radius 2 is 1.83 bits per heavy atom. The second-order valence-electron chi connectivity index (χ2n) is 9.48. The Labute approximate surface area is 247 Å². The van der Waals surface area contributed by atoms with E-state index in [0.717, 1.165) is 35.3 Å². The van der Waals surface area contributed by atoms with Crippen LogP contribution in [0.15, 0.2) is 47.6 Å². The van der Waals surface area contributed by atoms with Crippen LogP contribution < -0.4 is 20.2 Å². The van der Waals surface area contributed by atoms with Crippen molar-refractivity contribution in [1.82, 2.24) is 5.43 Å². The lowest BCUT2D eigenvalue weighted by Crippen LogP contribution is -2.32. The zero-order valence-electron chi connectivity index (χ0n) is 23.1. The Balaban J connectivity index is 1.39. The molecular formula is C30H32ClN3O6S. The Morgan fingerprint density at radius 1 is 1.05 bits per heavy atom.